The fourth-order valence-electron chi connectivity index (χ4n) is 2.99. The summed E-state index contributed by atoms with van der Waals surface area (Å²) in [6.07, 6.45) is 0. The van der Waals surface area contributed by atoms with Gasteiger partial charge in [0.25, 0.3) is 0 Å². The first-order chi connectivity index (χ1) is 14.6. The van der Waals surface area contributed by atoms with Gasteiger partial charge in [-0.3, -0.25) is 0 Å². The van der Waals surface area contributed by atoms with Crippen LogP contribution in [0.3, 0.4) is 0 Å². The van der Waals surface area contributed by atoms with Gasteiger partial charge in [-0.2, -0.15) is 0 Å². The van der Waals surface area contributed by atoms with Gasteiger partial charge < -0.3 is 4.74 Å². The van der Waals surface area contributed by atoms with Gasteiger partial charge >= 0.3 is 5.97 Å². The highest BCUT2D eigenvalue weighted by Gasteiger charge is 2.28. The van der Waals surface area contributed by atoms with E-state index < -0.39 is 0 Å². The zero-order chi connectivity index (χ0) is 20.9. The predicted octanol–water partition coefficient (Wildman–Crippen LogP) is 7.21. The molecule has 30 heavy (non-hydrogen) atoms. The molecule has 0 aliphatic rings. The Bertz CT molecular complexity index is 1110. The minimum Gasteiger partial charge on any atom is -0.423 e. The van der Waals surface area contributed by atoms with Crippen LogP contribution in [0.25, 0.3) is 0 Å². The molecule has 0 aliphatic carbocycles. The Hall–Kier alpha value is -1.84. The summed E-state index contributed by atoms with van der Waals surface area (Å²) in [6, 6.07) is 34.4. The van der Waals surface area contributed by atoms with Gasteiger partial charge in [-0.25, -0.2) is 4.79 Å². The minimum absolute atomic E-state index is 0.221. The van der Waals surface area contributed by atoms with Gasteiger partial charge in [0.15, 0.2) is 14.7 Å². The van der Waals surface area contributed by atoms with Gasteiger partial charge in [0.2, 0.25) is 0 Å². The van der Waals surface area contributed by atoms with E-state index in [0.717, 1.165) is 7.14 Å². The Morgan fingerprint density at radius 1 is 0.633 bits per heavy atom. The van der Waals surface area contributed by atoms with Crippen molar-refractivity contribution in [3.05, 3.63) is 116 Å². The van der Waals surface area contributed by atoms with E-state index in [1.807, 2.05) is 48.5 Å². The molecule has 0 unspecified atom stereocenters. The molecular weight excluding hydrogens is 618 g/mol. The second-order valence-corrected chi connectivity index (χ2v) is 10.7. The SMILES string of the molecule is O=C(Oc1ccc([S+](c2ccccc2)c2ccccc2)cc1)c1cccc(I)c1I. The average Bonchev–Trinajstić information content (AvgIpc) is 2.78. The highest BCUT2D eigenvalue weighted by Crippen LogP contribution is 2.32. The molecule has 4 rings (SSSR count). The summed E-state index contributed by atoms with van der Waals surface area (Å²) in [5.41, 5.74) is 0.583. The summed E-state index contributed by atoms with van der Waals surface area (Å²) in [4.78, 5) is 16.3. The number of benzene rings is 4. The van der Waals surface area contributed by atoms with Gasteiger partial charge in [0.05, 0.1) is 16.5 Å². The van der Waals surface area contributed by atoms with E-state index in [4.69, 9.17) is 4.74 Å². The molecule has 4 aromatic carbocycles. The predicted molar refractivity (Wildman–Crippen MR) is 138 cm³/mol. The first kappa shape index (κ1) is 21.4. The average molecular weight is 635 g/mol. The van der Waals surface area contributed by atoms with Crippen molar-refractivity contribution in [2.24, 2.45) is 0 Å². The molecule has 0 N–H and O–H groups in total. The van der Waals surface area contributed by atoms with E-state index in [9.17, 15) is 4.79 Å². The van der Waals surface area contributed by atoms with Crippen LogP contribution in [0.1, 0.15) is 10.4 Å². The van der Waals surface area contributed by atoms with Gasteiger partial charge in [-0.1, -0.05) is 42.5 Å². The summed E-state index contributed by atoms with van der Waals surface area (Å²) in [6.45, 7) is 0. The smallest absolute Gasteiger partial charge is 0.344 e. The molecule has 0 radical (unpaired) electrons. The highest BCUT2D eigenvalue weighted by molar-refractivity contribution is 14.1. The van der Waals surface area contributed by atoms with Crippen LogP contribution in [0, 0.1) is 7.14 Å². The third-order valence-electron chi connectivity index (χ3n) is 4.40. The lowest BCUT2D eigenvalue weighted by Crippen LogP contribution is -2.11. The van der Waals surface area contributed by atoms with Crippen molar-refractivity contribution in [2.45, 2.75) is 14.7 Å². The molecule has 0 aliphatic heterocycles. The Labute approximate surface area is 206 Å². The van der Waals surface area contributed by atoms with Crippen LogP contribution in [0.2, 0.25) is 0 Å². The van der Waals surface area contributed by atoms with E-state index in [1.165, 1.54) is 14.7 Å². The zero-order valence-corrected chi connectivity index (χ0v) is 20.9. The van der Waals surface area contributed by atoms with E-state index in [2.05, 4.69) is 93.7 Å². The van der Waals surface area contributed by atoms with Crippen LogP contribution < -0.4 is 4.74 Å². The Balaban J connectivity index is 1.61. The summed E-state index contributed by atoms with van der Waals surface area (Å²) in [7, 11) is -0.221. The molecule has 0 spiro atoms. The normalized spacial score (nSPS) is 10.8. The van der Waals surface area contributed by atoms with E-state index in [0.29, 0.717) is 11.3 Å². The molecule has 0 heterocycles. The minimum atomic E-state index is -0.337. The quantitative estimate of drug-likeness (QED) is 0.100. The summed E-state index contributed by atoms with van der Waals surface area (Å²) in [5.74, 6) is 0.207. The van der Waals surface area contributed by atoms with Crippen molar-refractivity contribution in [1.82, 2.24) is 0 Å². The number of hydrogen-bond donors (Lipinski definition) is 0. The number of hydrogen-bond acceptors (Lipinski definition) is 2. The number of rotatable bonds is 5. The van der Waals surface area contributed by atoms with Crippen LogP contribution >= 0.6 is 45.2 Å². The summed E-state index contributed by atoms with van der Waals surface area (Å²) in [5, 5.41) is 0. The summed E-state index contributed by atoms with van der Waals surface area (Å²) >= 11 is 4.40. The molecular formula is C25H17I2O2S+. The number of halogens is 2. The molecule has 0 saturated carbocycles. The second kappa shape index (κ2) is 9.98. The molecule has 5 heteroatoms. The van der Waals surface area contributed by atoms with Gasteiger partial charge in [0.1, 0.15) is 5.75 Å². The molecule has 0 saturated heterocycles. The van der Waals surface area contributed by atoms with Crippen molar-refractivity contribution < 1.29 is 9.53 Å². The fraction of sp³-hybridized carbons (Fsp3) is 0. The molecule has 0 atom stereocenters. The van der Waals surface area contributed by atoms with E-state index in [-0.39, 0.29) is 16.9 Å². The third-order valence-corrected chi connectivity index (χ3v) is 9.72. The van der Waals surface area contributed by atoms with Crippen molar-refractivity contribution in [3.8, 4) is 5.75 Å². The second-order valence-electron chi connectivity index (χ2n) is 6.39. The van der Waals surface area contributed by atoms with Crippen molar-refractivity contribution in [1.29, 1.82) is 0 Å². The largest absolute Gasteiger partial charge is 0.423 e. The van der Waals surface area contributed by atoms with Crippen molar-refractivity contribution in [3.63, 3.8) is 0 Å². The van der Waals surface area contributed by atoms with Crippen LogP contribution in [0.4, 0.5) is 0 Å². The van der Waals surface area contributed by atoms with Crippen LogP contribution in [0.15, 0.2) is 118 Å². The number of ether oxygens (including phenoxy) is 1. The molecule has 0 aromatic heterocycles. The maximum absolute atomic E-state index is 12.6. The molecule has 148 valence electrons. The Morgan fingerprint density at radius 3 is 1.73 bits per heavy atom. The van der Waals surface area contributed by atoms with E-state index in [1.54, 1.807) is 6.07 Å². The Morgan fingerprint density at radius 2 is 1.17 bits per heavy atom. The molecule has 4 aromatic rings. The van der Waals surface area contributed by atoms with Crippen molar-refractivity contribution >= 4 is 62.0 Å². The number of esters is 1. The van der Waals surface area contributed by atoms with Crippen LogP contribution in [-0.2, 0) is 10.9 Å². The maximum Gasteiger partial charge on any atom is 0.344 e. The number of carbonyl (C=O) groups is 1. The maximum atomic E-state index is 12.6. The van der Waals surface area contributed by atoms with Gasteiger partial charge in [0, 0.05) is 7.14 Å². The standard InChI is InChI=1S/C25H17I2O2S/c26-23-13-7-12-22(24(23)27)25(28)29-18-14-16-21(17-15-18)30(19-8-3-1-4-9-19)20-10-5-2-6-11-20/h1-17H/q+1. The monoisotopic (exact) mass is 635 g/mol. The highest BCUT2D eigenvalue weighted by atomic mass is 127. The zero-order valence-electron chi connectivity index (χ0n) is 15.8. The summed E-state index contributed by atoms with van der Waals surface area (Å²) < 4.78 is 7.58. The van der Waals surface area contributed by atoms with Gasteiger partial charge in [-0.05, 0) is 106 Å². The number of carbonyl (C=O) groups excluding carboxylic acids is 1. The van der Waals surface area contributed by atoms with E-state index >= 15 is 0 Å². The molecule has 0 fully saturated rings. The lowest BCUT2D eigenvalue weighted by molar-refractivity contribution is 0.0733. The van der Waals surface area contributed by atoms with Gasteiger partial charge in [-0.15, -0.1) is 0 Å². The van der Waals surface area contributed by atoms with Crippen LogP contribution in [0.5, 0.6) is 5.75 Å². The first-order valence-electron chi connectivity index (χ1n) is 9.24. The first-order valence-corrected chi connectivity index (χ1v) is 12.6. The molecule has 2 nitrogen and oxygen atoms in total. The van der Waals surface area contributed by atoms with Crippen molar-refractivity contribution in [2.75, 3.05) is 0 Å². The topological polar surface area (TPSA) is 26.3 Å². The third kappa shape index (κ3) is 4.90. The van der Waals surface area contributed by atoms with Crippen LogP contribution in [-0.4, -0.2) is 5.97 Å². The molecule has 0 bridgehead atoms. The fourth-order valence-corrected chi connectivity index (χ4v) is 6.15. The Kier molecular flexibility index (Phi) is 7.12. The molecule has 0 amide bonds. The lowest BCUT2D eigenvalue weighted by atomic mass is 10.2. The lowest BCUT2D eigenvalue weighted by Gasteiger charge is -2.10.